The maximum atomic E-state index is 5.40. The molecule has 0 aliphatic carbocycles. The van der Waals surface area contributed by atoms with Gasteiger partial charge in [-0.05, 0) is 30.7 Å². The van der Waals surface area contributed by atoms with Crippen LogP contribution in [0.1, 0.15) is 12.5 Å². The molecule has 0 bridgehead atoms. The molecule has 20 heavy (non-hydrogen) atoms. The van der Waals surface area contributed by atoms with Gasteiger partial charge in [0.15, 0.2) is 11.5 Å². The molecule has 1 aromatic heterocycles. The third-order valence-electron chi connectivity index (χ3n) is 3.20. The highest BCUT2D eigenvalue weighted by molar-refractivity contribution is 9.10. The second-order valence-corrected chi connectivity index (χ2v) is 5.66. The monoisotopic (exact) mass is 337 g/mol. The maximum absolute atomic E-state index is 5.40. The third kappa shape index (κ3) is 2.96. The first kappa shape index (κ1) is 13.5. The molecule has 0 radical (unpaired) electrons. The smallest absolute Gasteiger partial charge is 0.231 e. The zero-order valence-corrected chi connectivity index (χ0v) is 12.8. The predicted octanol–water partition coefficient (Wildman–Crippen LogP) is 2.55. The number of rotatable bonds is 5. The Bertz CT molecular complexity index is 586. The SMILES string of the molecule is CC(Cn1cccn1)NCc1cc2c(cc1Br)OCO2. The molecular weight excluding hydrogens is 322 g/mol. The van der Waals surface area contributed by atoms with Crippen LogP contribution in [-0.4, -0.2) is 22.6 Å². The highest BCUT2D eigenvalue weighted by atomic mass is 79.9. The Hall–Kier alpha value is -1.53. The molecule has 1 aliphatic rings. The second kappa shape index (κ2) is 5.85. The normalized spacial score (nSPS) is 14.5. The highest BCUT2D eigenvalue weighted by Gasteiger charge is 2.16. The predicted molar refractivity (Wildman–Crippen MR) is 78.8 cm³/mol. The van der Waals surface area contributed by atoms with Crippen LogP contribution < -0.4 is 14.8 Å². The zero-order valence-electron chi connectivity index (χ0n) is 11.2. The number of fused-ring (bicyclic) bond motifs is 1. The molecule has 1 unspecified atom stereocenters. The molecule has 5 nitrogen and oxygen atoms in total. The molecule has 3 rings (SSSR count). The van der Waals surface area contributed by atoms with Gasteiger partial charge in [-0.15, -0.1) is 0 Å². The molecule has 2 heterocycles. The molecule has 0 saturated carbocycles. The zero-order chi connectivity index (χ0) is 13.9. The van der Waals surface area contributed by atoms with E-state index in [-0.39, 0.29) is 0 Å². The van der Waals surface area contributed by atoms with Crippen molar-refractivity contribution in [1.29, 1.82) is 0 Å². The van der Waals surface area contributed by atoms with Crippen LogP contribution in [0.25, 0.3) is 0 Å². The van der Waals surface area contributed by atoms with Crippen LogP contribution in [0.15, 0.2) is 35.1 Å². The summed E-state index contributed by atoms with van der Waals surface area (Å²) in [5.74, 6) is 1.61. The molecule has 106 valence electrons. The summed E-state index contributed by atoms with van der Waals surface area (Å²) in [7, 11) is 0. The average Bonchev–Trinajstić information content (AvgIpc) is 3.06. The maximum Gasteiger partial charge on any atom is 0.231 e. The molecule has 1 aliphatic heterocycles. The number of nitrogens with zero attached hydrogens (tertiary/aromatic N) is 2. The van der Waals surface area contributed by atoms with Gasteiger partial charge in [0.05, 0.1) is 6.54 Å². The summed E-state index contributed by atoms with van der Waals surface area (Å²) in [6.45, 7) is 4.05. The number of hydrogen-bond donors (Lipinski definition) is 1. The third-order valence-corrected chi connectivity index (χ3v) is 3.94. The molecule has 1 atom stereocenters. The van der Waals surface area contributed by atoms with Crippen LogP contribution in [0, 0.1) is 0 Å². The van der Waals surface area contributed by atoms with Crippen molar-refractivity contribution >= 4 is 15.9 Å². The van der Waals surface area contributed by atoms with Crippen molar-refractivity contribution in [3.8, 4) is 11.5 Å². The number of hydrogen-bond acceptors (Lipinski definition) is 4. The van der Waals surface area contributed by atoms with Crippen LogP contribution in [0.5, 0.6) is 11.5 Å². The molecular formula is C14H16BrN3O2. The van der Waals surface area contributed by atoms with Crippen molar-refractivity contribution in [3.63, 3.8) is 0 Å². The van der Waals surface area contributed by atoms with E-state index in [9.17, 15) is 0 Å². The van der Waals surface area contributed by atoms with E-state index in [2.05, 4.69) is 33.3 Å². The van der Waals surface area contributed by atoms with Gasteiger partial charge in [0.25, 0.3) is 0 Å². The number of ether oxygens (including phenoxy) is 2. The minimum atomic E-state index is 0.300. The number of benzene rings is 1. The van der Waals surface area contributed by atoms with Crippen LogP contribution in [-0.2, 0) is 13.1 Å². The minimum absolute atomic E-state index is 0.300. The Kier molecular flexibility index (Phi) is 3.93. The molecule has 1 aromatic carbocycles. The van der Waals surface area contributed by atoms with Crippen molar-refractivity contribution < 1.29 is 9.47 Å². The largest absolute Gasteiger partial charge is 0.454 e. The van der Waals surface area contributed by atoms with Crippen LogP contribution in [0.4, 0.5) is 0 Å². The molecule has 0 saturated heterocycles. The lowest BCUT2D eigenvalue weighted by Gasteiger charge is -2.15. The lowest BCUT2D eigenvalue weighted by molar-refractivity contribution is 0.174. The molecule has 0 spiro atoms. The highest BCUT2D eigenvalue weighted by Crippen LogP contribution is 2.36. The minimum Gasteiger partial charge on any atom is -0.454 e. The number of halogens is 1. The molecule has 6 heteroatoms. The first-order valence-corrected chi connectivity index (χ1v) is 7.30. The van der Waals surface area contributed by atoms with Gasteiger partial charge >= 0.3 is 0 Å². The van der Waals surface area contributed by atoms with E-state index in [1.165, 1.54) is 0 Å². The summed E-state index contributed by atoms with van der Waals surface area (Å²) in [6.07, 6.45) is 3.76. The second-order valence-electron chi connectivity index (χ2n) is 4.81. The fourth-order valence-electron chi connectivity index (χ4n) is 2.13. The summed E-state index contributed by atoms with van der Waals surface area (Å²) < 4.78 is 13.7. The fraction of sp³-hybridized carbons (Fsp3) is 0.357. The fourth-order valence-corrected chi connectivity index (χ4v) is 2.60. The van der Waals surface area contributed by atoms with E-state index in [1.807, 2.05) is 29.1 Å². The van der Waals surface area contributed by atoms with Crippen LogP contribution >= 0.6 is 15.9 Å². The van der Waals surface area contributed by atoms with Gasteiger partial charge in [-0.1, -0.05) is 15.9 Å². The Morgan fingerprint density at radius 2 is 2.20 bits per heavy atom. The first-order chi connectivity index (χ1) is 9.72. The quantitative estimate of drug-likeness (QED) is 0.910. The van der Waals surface area contributed by atoms with Gasteiger partial charge < -0.3 is 14.8 Å². The Morgan fingerprint density at radius 1 is 1.40 bits per heavy atom. The van der Waals surface area contributed by atoms with E-state index >= 15 is 0 Å². The van der Waals surface area contributed by atoms with Crippen molar-refractivity contribution in [2.45, 2.75) is 26.1 Å². The number of nitrogens with one attached hydrogen (secondary N) is 1. The van der Waals surface area contributed by atoms with E-state index < -0.39 is 0 Å². The summed E-state index contributed by atoms with van der Waals surface area (Å²) >= 11 is 3.57. The number of aromatic nitrogens is 2. The lowest BCUT2D eigenvalue weighted by Crippen LogP contribution is -2.30. The van der Waals surface area contributed by atoms with Crippen molar-refractivity contribution in [2.75, 3.05) is 6.79 Å². The van der Waals surface area contributed by atoms with E-state index in [1.54, 1.807) is 6.20 Å². The summed E-state index contributed by atoms with van der Waals surface area (Å²) in [4.78, 5) is 0. The van der Waals surface area contributed by atoms with E-state index in [4.69, 9.17) is 9.47 Å². The molecule has 0 amide bonds. The molecule has 1 N–H and O–H groups in total. The van der Waals surface area contributed by atoms with Gasteiger partial charge in [0.2, 0.25) is 6.79 Å². The van der Waals surface area contributed by atoms with Gasteiger partial charge in [-0.2, -0.15) is 5.10 Å². The van der Waals surface area contributed by atoms with E-state index in [0.29, 0.717) is 12.8 Å². The van der Waals surface area contributed by atoms with Gasteiger partial charge in [-0.3, -0.25) is 4.68 Å². The lowest BCUT2D eigenvalue weighted by atomic mass is 10.2. The standard InChI is InChI=1S/C14H16BrN3O2/c1-10(8-18-4-2-3-17-18)16-7-11-5-13-14(6-12(11)15)20-9-19-13/h2-6,10,16H,7-9H2,1H3. The molecule has 0 fully saturated rings. The van der Waals surface area contributed by atoms with Gasteiger partial charge in [0, 0.05) is 29.5 Å². The molecule has 2 aromatic rings. The first-order valence-electron chi connectivity index (χ1n) is 6.51. The Labute approximate surface area is 126 Å². The van der Waals surface area contributed by atoms with Crippen molar-refractivity contribution in [3.05, 3.63) is 40.6 Å². The average molecular weight is 338 g/mol. The Balaban J connectivity index is 1.60. The summed E-state index contributed by atoms with van der Waals surface area (Å²) in [5.41, 5.74) is 1.15. The van der Waals surface area contributed by atoms with Crippen molar-refractivity contribution in [1.82, 2.24) is 15.1 Å². The van der Waals surface area contributed by atoms with E-state index in [0.717, 1.165) is 34.6 Å². The van der Waals surface area contributed by atoms with Crippen LogP contribution in [0.2, 0.25) is 0 Å². The summed E-state index contributed by atoms with van der Waals surface area (Å²) in [5, 5.41) is 7.69. The topological polar surface area (TPSA) is 48.3 Å². The Morgan fingerprint density at radius 3 is 2.95 bits per heavy atom. The van der Waals surface area contributed by atoms with Gasteiger partial charge in [-0.25, -0.2) is 0 Å². The summed E-state index contributed by atoms with van der Waals surface area (Å²) in [6, 6.07) is 6.23. The van der Waals surface area contributed by atoms with Gasteiger partial charge in [0.1, 0.15) is 0 Å². The van der Waals surface area contributed by atoms with Crippen LogP contribution in [0.3, 0.4) is 0 Å². The van der Waals surface area contributed by atoms with Crippen molar-refractivity contribution in [2.24, 2.45) is 0 Å².